The minimum absolute atomic E-state index is 0.549. The maximum absolute atomic E-state index is 6.73. The molecule has 0 atom stereocenters. The van der Waals surface area contributed by atoms with Crippen LogP contribution >= 0.6 is 0 Å². The molecule has 0 unspecified atom stereocenters. The molecule has 77 heavy (non-hydrogen) atoms. The Hall–Kier alpha value is -9.96. The summed E-state index contributed by atoms with van der Waals surface area (Å²) in [6, 6.07) is 104. The fraction of sp³-hybridized carbons (Fsp3) is 0.0270. The SMILES string of the molecule is c1ccc(-c2ccc(-c3ccc(N(c4ccc(-c5cccc6c5-c5ccccc5C65c6ccccc6Oc6ccccc65)cc4)c4cccc5c4-c4ccccc4C54c5ccccc5Oc5ccccc54)cc3)cc2)cc1. The lowest BCUT2D eigenvalue weighted by atomic mass is 9.66. The molecule has 0 amide bonds. The van der Waals surface area contributed by atoms with E-state index in [1.807, 2.05) is 0 Å². The van der Waals surface area contributed by atoms with Gasteiger partial charge in [-0.05, 0) is 127 Å². The number of anilines is 3. The molecule has 12 aromatic carbocycles. The van der Waals surface area contributed by atoms with Gasteiger partial charge in [0.05, 0.1) is 16.5 Å². The Morgan fingerprint density at radius 1 is 0.221 bits per heavy atom. The van der Waals surface area contributed by atoms with Crippen molar-refractivity contribution in [2.45, 2.75) is 10.8 Å². The van der Waals surface area contributed by atoms with Crippen LogP contribution in [0.3, 0.4) is 0 Å². The van der Waals surface area contributed by atoms with Gasteiger partial charge in [0.25, 0.3) is 0 Å². The third-order valence-corrected chi connectivity index (χ3v) is 16.8. The molecule has 12 aromatic rings. The number of ether oxygens (including phenoxy) is 2. The monoisotopic (exact) mass is 981 g/mol. The van der Waals surface area contributed by atoms with Gasteiger partial charge in [0.1, 0.15) is 23.0 Å². The zero-order valence-electron chi connectivity index (χ0n) is 41.9. The first-order valence-electron chi connectivity index (χ1n) is 26.6. The maximum Gasteiger partial charge on any atom is 0.132 e. The Labute approximate surface area is 448 Å². The predicted molar refractivity (Wildman–Crippen MR) is 312 cm³/mol. The second-order valence-electron chi connectivity index (χ2n) is 20.6. The van der Waals surface area contributed by atoms with E-state index < -0.39 is 10.8 Å². The highest BCUT2D eigenvalue weighted by atomic mass is 16.5. The summed E-state index contributed by atoms with van der Waals surface area (Å²) in [5.74, 6) is 3.54. The predicted octanol–water partition coefficient (Wildman–Crippen LogP) is 19.1. The van der Waals surface area contributed by atoms with Crippen LogP contribution in [0.25, 0.3) is 55.6 Å². The van der Waals surface area contributed by atoms with Gasteiger partial charge in [0, 0.05) is 39.2 Å². The molecule has 360 valence electrons. The first kappa shape index (κ1) is 43.4. The molecule has 2 heterocycles. The van der Waals surface area contributed by atoms with Crippen LogP contribution in [-0.4, -0.2) is 0 Å². The van der Waals surface area contributed by atoms with E-state index in [1.54, 1.807) is 0 Å². The lowest BCUT2D eigenvalue weighted by molar-refractivity contribution is 0.436. The second kappa shape index (κ2) is 16.8. The first-order chi connectivity index (χ1) is 38.2. The number of hydrogen-bond donors (Lipinski definition) is 0. The van der Waals surface area contributed by atoms with Crippen LogP contribution in [0, 0.1) is 0 Å². The summed E-state index contributed by atoms with van der Waals surface area (Å²) in [6.45, 7) is 0. The molecule has 4 aliphatic rings. The van der Waals surface area contributed by atoms with Gasteiger partial charge >= 0.3 is 0 Å². The van der Waals surface area contributed by atoms with Gasteiger partial charge in [-0.2, -0.15) is 0 Å². The van der Waals surface area contributed by atoms with E-state index in [0.717, 1.165) is 73.4 Å². The van der Waals surface area contributed by atoms with Crippen LogP contribution in [0.4, 0.5) is 17.1 Å². The molecular formula is C74H47NO2. The number of benzene rings is 12. The van der Waals surface area contributed by atoms with Gasteiger partial charge in [-0.3, -0.25) is 0 Å². The van der Waals surface area contributed by atoms with Crippen molar-refractivity contribution in [3.8, 4) is 78.6 Å². The summed E-state index contributed by atoms with van der Waals surface area (Å²) in [4.78, 5) is 2.47. The lowest BCUT2D eigenvalue weighted by Gasteiger charge is -2.39. The fourth-order valence-corrected chi connectivity index (χ4v) is 13.7. The minimum atomic E-state index is -0.606. The van der Waals surface area contributed by atoms with E-state index >= 15 is 0 Å². The number of nitrogens with zero attached hydrogens (tertiary/aromatic N) is 1. The third-order valence-electron chi connectivity index (χ3n) is 16.8. The van der Waals surface area contributed by atoms with Crippen LogP contribution in [0.1, 0.15) is 44.5 Å². The van der Waals surface area contributed by atoms with E-state index in [0.29, 0.717) is 0 Å². The van der Waals surface area contributed by atoms with E-state index in [9.17, 15) is 0 Å². The summed E-state index contributed by atoms with van der Waals surface area (Å²) in [5.41, 5.74) is 23.7. The third kappa shape index (κ3) is 6.14. The molecule has 2 aliphatic heterocycles. The normalized spacial score (nSPS) is 13.9. The van der Waals surface area contributed by atoms with Gasteiger partial charge in [0.15, 0.2) is 0 Å². The van der Waals surface area contributed by atoms with Crippen molar-refractivity contribution in [1.82, 2.24) is 0 Å². The Balaban J connectivity index is 0.878. The van der Waals surface area contributed by atoms with Gasteiger partial charge in [-0.15, -0.1) is 0 Å². The quantitative estimate of drug-likeness (QED) is 0.166. The highest BCUT2D eigenvalue weighted by Crippen LogP contribution is 2.66. The molecule has 0 N–H and O–H groups in total. The number of fused-ring (bicyclic) bond motifs is 18. The Morgan fingerprint density at radius 2 is 0.545 bits per heavy atom. The van der Waals surface area contributed by atoms with E-state index in [4.69, 9.17) is 9.47 Å². The summed E-state index contributed by atoms with van der Waals surface area (Å²) >= 11 is 0. The fourth-order valence-electron chi connectivity index (χ4n) is 13.7. The summed E-state index contributed by atoms with van der Waals surface area (Å²) < 4.78 is 13.4. The maximum atomic E-state index is 6.73. The molecule has 0 bridgehead atoms. The molecule has 16 rings (SSSR count). The minimum Gasteiger partial charge on any atom is -0.457 e. The molecule has 3 nitrogen and oxygen atoms in total. The van der Waals surface area contributed by atoms with Crippen molar-refractivity contribution in [2.24, 2.45) is 0 Å². The Kier molecular flexibility index (Phi) is 9.47. The molecule has 0 saturated heterocycles. The van der Waals surface area contributed by atoms with Gasteiger partial charge in [-0.25, -0.2) is 0 Å². The average Bonchev–Trinajstić information content (AvgIpc) is 4.17. The zero-order valence-corrected chi connectivity index (χ0v) is 41.9. The molecule has 0 fully saturated rings. The van der Waals surface area contributed by atoms with Crippen LogP contribution in [0.15, 0.2) is 285 Å². The summed E-state index contributed by atoms with van der Waals surface area (Å²) in [7, 11) is 0. The molecule has 2 aliphatic carbocycles. The number of hydrogen-bond acceptors (Lipinski definition) is 3. The lowest BCUT2D eigenvalue weighted by Crippen LogP contribution is -2.32. The standard InChI is InChI=1S/C74H47NO2/c1-2-18-48(19-3-1)49-36-38-50(39-37-49)51-40-44-53(45-41-51)75(66-31-17-30-65-72(66)57-21-5-7-24-59(57)74(65)62-27-10-14-34-69(62)77-70-35-15-11-28-63(70)74)54-46-42-52(43-47-54)55-22-16-29-64-71(55)56-20-4-6-23-58(56)73(64)60-25-8-12-32-67(60)76-68-33-13-9-26-61(68)73/h1-47H. The van der Waals surface area contributed by atoms with E-state index in [-0.39, 0.29) is 0 Å². The van der Waals surface area contributed by atoms with Crippen molar-refractivity contribution < 1.29 is 9.47 Å². The average molecular weight is 982 g/mol. The van der Waals surface area contributed by atoms with Crippen LogP contribution in [0.2, 0.25) is 0 Å². The molecule has 2 spiro atoms. The molecular weight excluding hydrogens is 935 g/mol. The highest BCUT2D eigenvalue weighted by Gasteiger charge is 2.53. The topological polar surface area (TPSA) is 21.7 Å². The Bertz CT molecular complexity index is 4240. The smallest absolute Gasteiger partial charge is 0.132 e. The van der Waals surface area contributed by atoms with Crippen molar-refractivity contribution in [1.29, 1.82) is 0 Å². The summed E-state index contributed by atoms with van der Waals surface area (Å²) in [6.07, 6.45) is 0. The van der Waals surface area contributed by atoms with E-state index in [2.05, 4.69) is 290 Å². The van der Waals surface area contributed by atoms with Crippen LogP contribution in [0.5, 0.6) is 23.0 Å². The van der Waals surface area contributed by atoms with Crippen molar-refractivity contribution in [3.05, 3.63) is 330 Å². The van der Waals surface area contributed by atoms with Gasteiger partial charge in [0.2, 0.25) is 0 Å². The molecule has 3 heteroatoms. The first-order valence-corrected chi connectivity index (χ1v) is 26.6. The molecule has 0 saturated carbocycles. The largest absolute Gasteiger partial charge is 0.457 e. The van der Waals surface area contributed by atoms with Crippen molar-refractivity contribution >= 4 is 17.1 Å². The second-order valence-corrected chi connectivity index (χ2v) is 20.6. The number of para-hydroxylation sites is 4. The van der Waals surface area contributed by atoms with Crippen molar-refractivity contribution in [2.75, 3.05) is 4.90 Å². The number of rotatable bonds is 6. The van der Waals surface area contributed by atoms with Gasteiger partial charge < -0.3 is 14.4 Å². The molecule has 0 radical (unpaired) electrons. The van der Waals surface area contributed by atoms with Gasteiger partial charge in [-0.1, -0.05) is 231 Å². The van der Waals surface area contributed by atoms with Crippen LogP contribution in [-0.2, 0) is 10.8 Å². The Morgan fingerprint density at radius 3 is 1.03 bits per heavy atom. The van der Waals surface area contributed by atoms with E-state index in [1.165, 1.54) is 66.8 Å². The highest BCUT2D eigenvalue weighted by molar-refractivity contribution is 6.00. The van der Waals surface area contributed by atoms with Crippen molar-refractivity contribution in [3.63, 3.8) is 0 Å². The molecule has 0 aromatic heterocycles. The zero-order chi connectivity index (χ0) is 50.7. The summed E-state index contributed by atoms with van der Waals surface area (Å²) in [5, 5.41) is 0. The van der Waals surface area contributed by atoms with Crippen LogP contribution < -0.4 is 14.4 Å².